The van der Waals surface area contributed by atoms with Gasteiger partial charge in [-0.3, -0.25) is 14.5 Å². The highest BCUT2D eigenvalue weighted by Crippen LogP contribution is 2.23. The van der Waals surface area contributed by atoms with Gasteiger partial charge in [-0.05, 0) is 31.9 Å². The topological polar surface area (TPSA) is 83.8 Å². The lowest BCUT2D eigenvalue weighted by atomic mass is 10.1. The second-order valence-corrected chi connectivity index (χ2v) is 6.91. The van der Waals surface area contributed by atoms with Crippen LogP contribution >= 0.6 is 0 Å². The molecule has 0 saturated carbocycles. The number of nitrogens with zero attached hydrogens (tertiary/aromatic N) is 1. The van der Waals surface area contributed by atoms with E-state index in [0.29, 0.717) is 38.4 Å². The van der Waals surface area contributed by atoms with E-state index in [1.54, 1.807) is 13.2 Å². The molecule has 0 spiro atoms. The molecule has 0 aliphatic carbocycles. The lowest BCUT2D eigenvalue weighted by molar-refractivity contribution is -0.125. The fraction of sp³-hybridized carbons (Fsp3) is 0.500. The van der Waals surface area contributed by atoms with Crippen molar-refractivity contribution in [1.82, 2.24) is 15.5 Å². The first-order chi connectivity index (χ1) is 13.0. The third-order valence-electron chi connectivity index (χ3n) is 4.94. The van der Waals surface area contributed by atoms with Crippen molar-refractivity contribution in [3.05, 3.63) is 35.6 Å². The number of hydrogen-bond donors (Lipinski definition) is 2. The number of fused-ring (bicyclic) bond motifs is 1. The average Bonchev–Trinajstić information content (AvgIpc) is 3.25. The second kappa shape index (κ2) is 8.54. The molecule has 0 unspecified atom stereocenters. The Hall–Kier alpha value is -2.38. The van der Waals surface area contributed by atoms with Gasteiger partial charge in [0.25, 0.3) is 5.91 Å². The van der Waals surface area contributed by atoms with Crippen LogP contribution < -0.4 is 10.6 Å². The molecule has 1 aliphatic rings. The second-order valence-electron chi connectivity index (χ2n) is 6.91. The molecule has 2 heterocycles. The molecule has 2 atom stereocenters. The van der Waals surface area contributed by atoms with Gasteiger partial charge in [0.05, 0.1) is 12.6 Å². The van der Waals surface area contributed by atoms with Gasteiger partial charge in [-0.15, -0.1) is 0 Å². The molecule has 3 rings (SSSR count). The van der Waals surface area contributed by atoms with Crippen molar-refractivity contribution in [3.63, 3.8) is 0 Å². The Bertz CT molecular complexity index is 817. The SMILES string of the molecule is CCNC(=O)[C@@H]1C[C@H](NC(=O)c2cc3cccc(C)c3o2)CN1CCOC. The maximum atomic E-state index is 12.7. The van der Waals surface area contributed by atoms with E-state index in [2.05, 4.69) is 15.5 Å². The predicted octanol–water partition coefficient (Wildman–Crippen LogP) is 1.70. The van der Waals surface area contributed by atoms with Gasteiger partial charge in [0.15, 0.2) is 5.76 Å². The maximum absolute atomic E-state index is 12.7. The molecule has 7 heteroatoms. The Morgan fingerprint density at radius 2 is 2.19 bits per heavy atom. The van der Waals surface area contributed by atoms with Crippen LogP contribution in [0, 0.1) is 6.92 Å². The van der Waals surface area contributed by atoms with Crippen molar-refractivity contribution in [2.45, 2.75) is 32.4 Å². The van der Waals surface area contributed by atoms with Gasteiger partial charge in [-0.2, -0.15) is 0 Å². The third kappa shape index (κ3) is 4.31. The van der Waals surface area contributed by atoms with Gasteiger partial charge in [0.2, 0.25) is 5.91 Å². The molecule has 1 saturated heterocycles. The summed E-state index contributed by atoms with van der Waals surface area (Å²) in [5.41, 5.74) is 1.73. The number of benzene rings is 1. The molecule has 1 aliphatic heterocycles. The molecule has 1 aromatic heterocycles. The first-order valence-electron chi connectivity index (χ1n) is 9.34. The lowest BCUT2D eigenvalue weighted by Gasteiger charge is -2.22. The quantitative estimate of drug-likeness (QED) is 0.772. The van der Waals surface area contributed by atoms with Gasteiger partial charge in [-0.25, -0.2) is 0 Å². The molecule has 2 N–H and O–H groups in total. The summed E-state index contributed by atoms with van der Waals surface area (Å²) in [7, 11) is 1.64. The van der Waals surface area contributed by atoms with Crippen molar-refractivity contribution in [2.24, 2.45) is 0 Å². The molecule has 27 heavy (non-hydrogen) atoms. The van der Waals surface area contributed by atoms with Crippen LogP contribution in [0.4, 0.5) is 0 Å². The number of likely N-dealkylation sites (tertiary alicyclic amines) is 1. The number of para-hydroxylation sites is 1. The molecular weight excluding hydrogens is 346 g/mol. The number of ether oxygens (including phenoxy) is 1. The van der Waals surface area contributed by atoms with E-state index in [9.17, 15) is 9.59 Å². The highest BCUT2D eigenvalue weighted by atomic mass is 16.5. The number of furan rings is 1. The molecule has 2 aromatic rings. The van der Waals surface area contributed by atoms with Crippen LogP contribution in [0.1, 0.15) is 29.5 Å². The van der Waals surface area contributed by atoms with E-state index in [1.165, 1.54) is 0 Å². The molecule has 146 valence electrons. The third-order valence-corrected chi connectivity index (χ3v) is 4.94. The predicted molar refractivity (Wildman–Crippen MR) is 103 cm³/mol. The van der Waals surface area contributed by atoms with Gasteiger partial charge < -0.3 is 19.8 Å². The van der Waals surface area contributed by atoms with Crippen LogP contribution in [-0.4, -0.2) is 62.1 Å². The number of carbonyl (C=O) groups excluding carboxylic acids is 2. The molecule has 2 amide bonds. The van der Waals surface area contributed by atoms with E-state index in [0.717, 1.165) is 16.5 Å². The van der Waals surface area contributed by atoms with E-state index < -0.39 is 0 Å². The zero-order chi connectivity index (χ0) is 19.4. The van der Waals surface area contributed by atoms with E-state index in [4.69, 9.17) is 9.15 Å². The first-order valence-corrected chi connectivity index (χ1v) is 9.34. The minimum absolute atomic E-state index is 0.00952. The van der Waals surface area contributed by atoms with Crippen LogP contribution in [0.5, 0.6) is 0 Å². The fourth-order valence-corrected chi connectivity index (χ4v) is 3.61. The number of carbonyl (C=O) groups is 2. The molecule has 7 nitrogen and oxygen atoms in total. The molecule has 0 bridgehead atoms. The highest BCUT2D eigenvalue weighted by molar-refractivity contribution is 5.97. The Labute approximate surface area is 159 Å². The lowest BCUT2D eigenvalue weighted by Crippen LogP contribution is -2.44. The molecule has 0 radical (unpaired) electrons. The van der Waals surface area contributed by atoms with Crippen molar-refractivity contribution in [3.8, 4) is 0 Å². The summed E-state index contributed by atoms with van der Waals surface area (Å²) in [4.78, 5) is 27.1. The monoisotopic (exact) mass is 373 g/mol. The maximum Gasteiger partial charge on any atom is 0.287 e. The number of amides is 2. The van der Waals surface area contributed by atoms with Crippen molar-refractivity contribution in [1.29, 1.82) is 0 Å². The van der Waals surface area contributed by atoms with E-state index >= 15 is 0 Å². The summed E-state index contributed by atoms with van der Waals surface area (Å²) in [6.45, 7) is 6.23. The fourth-order valence-electron chi connectivity index (χ4n) is 3.61. The van der Waals surface area contributed by atoms with Crippen LogP contribution in [0.25, 0.3) is 11.0 Å². The summed E-state index contributed by atoms with van der Waals surface area (Å²) < 4.78 is 10.9. The Balaban J connectivity index is 1.69. The van der Waals surface area contributed by atoms with Gasteiger partial charge >= 0.3 is 0 Å². The summed E-state index contributed by atoms with van der Waals surface area (Å²) >= 11 is 0. The number of aryl methyl sites for hydroxylation is 1. The Morgan fingerprint density at radius 1 is 1.37 bits per heavy atom. The number of methoxy groups -OCH3 is 1. The highest BCUT2D eigenvalue weighted by Gasteiger charge is 2.37. The minimum Gasteiger partial charge on any atom is -0.451 e. The Kier molecular flexibility index (Phi) is 6.13. The number of likely N-dealkylation sites (N-methyl/N-ethyl adjacent to an activating group) is 1. The van der Waals surface area contributed by atoms with Crippen LogP contribution in [0.15, 0.2) is 28.7 Å². The summed E-state index contributed by atoms with van der Waals surface area (Å²) in [6, 6.07) is 7.21. The Morgan fingerprint density at radius 3 is 2.89 bits per heavy atom. The van der Waals surface area contributed by atoms with Crippen LogP contribution in [-0.2, 0) is 9.53 Å². The summed E-state index contributed by atoms with van der Waals surface area (Å²) in [6.07, 6.45) is 0.570. The van der Waals surface area contributed by atoms with Crippen molar-refractivity contribution in [2.75, 3.05) is 33.4 Å². The zero-order valence-electron chi connectivity index (χ0n) is 16.1. The van der Waals surface area contributed by atoms with Gasteiger partial charge in [-0.1, -0.05) is 18.2 Å². The normalized spacial score (nSPS) is 20.1. The van der Waals surface area contributed by atoms with Crippen LogP contribution in [0.2, 0.25) is 0 Å². The van der Waals surface area contributed by atoms with E-state index in [-0.39, 0.29) is 23.9 Å². The minimum atomic E-state index is -0.261. The average molecular weight is 373 g/mol. The summed E-state index contributed by atoms with van der Waals surface area (Å²) in [5, 5.41) is 6.80. The zero-order valence-corrected chi connectivity index (χ0v) is 16.1. The smallest absolute Gasteiger partial charge is 0.287 e. The van der Waals surface area contributed by atoms with Gasteiger partial charge in [0, 0.05) is 38.2 Å². The number of hydrogen-bond acceptors (Lipinski definition) is 5. The number of rotatable bonds is 7. The first kappa shape index (κ1) is 19.4. The van der Waals surface area contributed by atoms with Crippen LogP contribution in [0.3, 0.4) is 0 Å². The van der Waals surface area contributed by atoms with Gasteiger partial charge in [0.1, 0.15) is 5.58 Å². The molecule has 1 aromatic carbocycles. The largest absolute Gasteiger partial charge is 0.451 e. The summed E-state index contributed by atoms with van der Waals surface area (Å²) in [5.74, 6) is 0.0350. The van der Waals surface area contributed by atoms with Crippen molar-refractivity contribution >= 4 is 22.8 Å². The molecule has 1 fully saturated rings. The molecular formula is C20H27N3O4. The number of nitrogens with one attached hydrogen (secondary N) is 2. The standard InChI is InChI=1S/C20H27N3O4/c1-4-21-19(24)16-11-15(12-23(16)8-9-26-3)22-20(25)17-10-14-7-5-6-13(2)18(14)27-17/h5-7,10,15-16H,4,8-9,11-12H2,1-3H3,(H,21,24)(H,22,25)/t15-,16-/m0/s1. The van der Waals surface area contributed by atoms with E-state index in [1.807, 2.05) is 32.0 Å². The van der Waals surface area contributed by atoms with Crippen molar-refractivity contribution < 1.29 is 18.7 Å².